The number of hydrogen-bond donors (Lipinski definition) is 1. The molecule has 4 heteroatoms. The summed E-state index contributed by atoms with van der Waals surface area (Å²) in [5.74, 6) is 2.30. The number of hydrogen-bond acceptors (Lipinski definition) is 3. The van der Waals surface area contributed by atoms with Crippen LogP contribution in [0.25, 0.3) is 0 Å². The van der Waals surface area contributed by atoms with E-state index in [2.05, 4.69) is 55.8 Å². The van der Waals surface area contributed by atoms with E-state index in [1.165, 1.54) is 5.56 Å². The number of nitrogens with two attached hydrogens (primary N) is 1. The van der Waals surface area contributed by atoms with Crippen LogP contribution in [0.2, 0.25) is 0 Å². The van der Waals surface area contributed by atoms with Crippen molar-refractivity contribution in [3.05, 3.63) is 47.5 Å². The van der Waals surface area contributed by atoms with Gasteiger partial charge in [-0.3, -0.25) is 0 Å². The Kier molecular flexibility index (Phi) is 3.57. The van der Waals surface area contributed by atoms with Crippen LogP contribution in [-0.4, -0.2) is 21.3 Å². The molecule has 0 aliphatic carbocycles. The van der Waals surface area contributed by atoms with Crippen molar-refractivity contribution in [3.8, 4) is 0 Å². The van der Waals surface area contributed by atoms with Gasteiger partial charge >= 0.3 is 0 Å². The zero-order valence-corrected chi connectivity index (χ0v) is 13.1. The van der Waals surface area contributed by atoms with E-state index in [0.717, 1.165) is 24.5 Å². The molecule has 2 aromatic rings. The van der Waals surface area contributed by atoms with Gasteiger partial charge in [0.1, 0.15) is 5.82 Å². The maximum atomic E-state index is 5.94. The summed E-state index contributed by atoms with van der Waals surface area (Å²) < 4.78 is 2.12. The average Bonchev–Trinajstić information content (AvgIpc) is 2.92. The minimum atomic E-state index is -0.0370. The van der Waals surface area contributed by atoms with Crippen LogP contribution in [-0.2, 0) is 5.41 Å². The first kappa shape index (κ1) is 14.3. The van der Waals surface area contributed by atoms with Crippen molar-refractivity contribution in [1.82, 2.24) is 14.8 Å². The van der Waals surface area contributed by atoms with Crippen LogP contribution in [0, 0.1) is 0 Å². The summed E-state index contributed by atoms with van der Waals surface area (Å²) >= 11 is 0. The van der Waals surface area contributed by atoms with Gasteiger partial charge in [-0.15, -0.1) is 0 Å². The molecule has 4 nitrogen and oxygen atoms in total. The summed E-state index contributed by atoms with van der Waals surface area (Å²) in [5, 5.41) is 4.83. The van der Waals surface area contributed by atoms with Crippen LogP contribution >= 0.6 is 0 Å². The molecule has 2 atom stereocenters. The van der Waals surface area contributed by atoms with Gasteiger partial charge in [0.25, 0.3) is 0 Å². The largest absolute Gasteiger partial charge is 0.330 e. The molecule has 0 saturated carbocycles. The molecular weight excluding hydrogens is 260 g/mol. The van der Waals surface area contributed by atoms with Crippen molar-refractivity contribution in [2.45, 2.75) is 51.0 Å². The van der Waals surface area contributed by atoms with Gasteiger partial charge in [-0.1, -0.05) is 51.1 Å². The monoisotopic (exact) mass is 284 g/mol. The predicted octanol–water partition coefficient (Wildman–Crippen LogP) is 3.00. The van der Waals surface area contributed by atoms with Crippen molar-refractivity contribution in [3.63, 3.8) is 0 Å². The Morgan fingerprint density at radius 2 is 1.90 bits per heavy atom. The number of aromatic nitrogens is 3. The maximum absolute atomic E-state index is 5.94. The quantitative estimate of drug-likeness (QED) is 0.922. The van der Waals surface area contributed by atoms with Crippen molar-refractivity contribution in [2.24, 2.45) is 5.73 Å². The fourth-order valence-corrected chi connectivity index (χ4v) is 2.98. The summed E-state index contributed by atoms with van der Waals surface area (Å²) in [4.78, 5) is 4.82. The molecule has 21 heavy (non-hydrogen) atoms. The molecule has 0 amide bonds. The molecule has 0 bridgehead atoms. The molecule has 3 rings (SSSR count). The van der Waals surface area contributed by atoms with Crippen LogP contribution in [0.15, 0.2) is 30.3 Å². The van der Waals surface area contributed by atoms with Gasteiger partial charge in [0.05, 0.1) is 6.04 Å². The van der Waals surface area contributed by atoms with E-state index in [0.29, 0.717) is 12.5 Å². The lowest BCUT2D eigenvalue weighted by molar-refractivity contribution is 0.366. The Morgan fingerprint density at radius 3 is 2.52 bits per heavy atom. The van der Waals surface area contributed by atoms with Crippen LogP contribution in [0.5, 0.6) is 0 Å². The normalized spacial score (nSPS) is 22.1. The lowest BCUT2D eigenvalue weighted by atomic mass is 9.91. The Balaban J connectivity index is 2.07. The minimum Gasteiger partial charge on any atom is -0.330 e. The second-order valence-electron chi connectivity index (χ2n) is 6.92. The van der Waals surface area contributed by atoms with Crippen molar-refractivity contribution < 1.29 is 0 Å². The molecule has 0 fully saturated rings. The first-order valence-electron chi connectivity index (χ1n) is 7.72. The van der Waals surface area contributed by atoms with Gasteiger partial charge in [0, 0.05) is 17.9 Å². The molecule has 2 N–H and O–H groups in total. The minimum absolute atomic E-state index is 0.0370. The maximum Gasteiger partial charge on any atom is 0.156 e. The van der Waals surface area contributed by atoms with Gasteiger partial charge < -0.3 is 5.73 Å². The smallest absolute Gasteiger partial charge is 0.156 e. The van der Waals surface area contributed by atoms with Gasteiger partial charge in [-0.2, -0.15) is 5.10 Å². The van der Waals surface area contributed by atoms with Crippen LogP contribution < -0.4 is 5.73 Å². The highest BCUT2D eigenvalue weighted by Gasteiger charge is 2.32. The third kappa shape index (κ3) is 2.60. The summed E-state index contributed by atoms with van der Waals surface area (Å²) in [5.41, 5.74) is 7.21. The van der Waals surface area contributed by atoms with E-state index in [-0.39, 0.29) is 11.5 Å². The number of benzene rings is 1. The molecule has 1 aromatic carbocycles. The molecule has 0 spiro atoms. The van der Waals surface area contributed by atoms with Crippen LogP contribution in [0.1, 0.15) is 62.8 Å². The molecule has 1 aliphatic heterocycles. The Bertz CT molecular complexity index is 609. The number of rotatable bonds is 2. The molecule has 0 saturated heterocycles. The van der Waals surface area contributed by atoms with E-state index >= 15 is 0 Å². The summed E-state index contributed by atoms with van der Waals surface area (Å²) in [6.45, 7) is 7.11. The zero-order chi connectivity index (χ0) is 15.0. The number of fused-ring (bicyclic) bond motifs is 1. The van der Waals surface area contributed by atoms with Crippen LogP contribution in [0.4, 0.5) is 0 Å². The van der Waals surface area contributed by atoms with Gasteiger partial charge in [0.2, 0.25) is 0 Å². The standard InChI is InChI=1S/C17H24N4/c1-17(2,3)16-19-15-13(11-18)9-10-14(21(15)20-16)12-7-5-4-6-8-12/h4-8,13-14H,9-11,18H2,1-3H3. The molecular formula is C17H24N4. The third-order valence-electron chi connectivity index (χ3n) is 4.25. The average molecular weight is 284 g/mol. The summed E-state index contributed by atoms with van der Waals surface area (Å²) in [7, 11) is 0. The third-order valence-corrected chi connectivity index (χ3v) is 4.25. The van der Waals surface area contributed by atoms with Crippen LogP contribution in [0.3, 0.4) is 0 Å². The van der Waals surface area contributed by atoms with Gasteiger partial charge in [0.15, 0.2) is 5.82 Å². The van der Waals surface area contributed by atoms with Gasteiger partial charge in [-0.25, -0.2) is 9.67 Å². The van der Waals surface area contributed by atoms with Crippen molar-refractivity contribution >= 4 is 0 Å². The highest BCUT2D eigenvalue weighted by molar-refractivity contribution is 5.23. The second kappa shape index (κ2) is 5.26. The van der Waals surface area contributed by atoms with Crippen molar-refractivity contribution in [2.75, 3.05) is 6.54 Å². The fourth-order valence-electron chi connectivity index (χ4n) is 2.98. The zero-order valence-electron chi connectivity index (χ0n) is 13.1. The molecule has 2 heterocycles. The van der Waals surface area contributed by atoms with E-state index < -0.39 is 0 Å². The first-order chi connectivity index (χ1) is 10.0. The number of nitrogens with zero attached hydrogens (tertiary/aromatic N) is 3. The van der Waals surface area contributed by atoms with E-state index in [1.807, 2.05) is 0 Å². The summed E-state index contributed by atoms with van der Waals surface area (Å²) in [6, 6.07) is 10.9. The Hall–Kier alpha value is -1.68. The lowest BCUT2D eigenvalue weighted by Gasteiger charge is -2.28. The highest BCUT2D eigenvalue weighted by atomic mass is 15.4. The summed E-state index contributed by atoms with van der Waals surface area (Å²) in [6.07, 6.45) is 2.16. The van der Waals surface area contributed by atoms with Gasteiger partial charge in [-0.05, 0) is 18.4 Å². The van der Waals surface area contributed by atoms with Crippen molar-refractivity contribution in [1.29, 1.82) is 0 Å². The SMILES string of the molecule is CC(C)(C)c1nc2n(n1)C(c1ccccc1)CCC2CN. The van der Waals surface area contributed by atoms with E-state index in [9.17, 15) is 0 Å². The lowest BCUT2D eigenvalue weighted by Crippen LogP contribution is -2.27. The molecule has 1 aromatic heterocycles. The predicted molar refractivity (Wildman–Crippen MR) is 84.3 cm³/mol. The Labute approximate surface area is 126 Å². The fraction of sp³-hybridized carbons (Fsp3) is 0.529. The molecule has 0 radical (unpaired) electrons. The van der Waals surface area contributed by atoms with E-state index in [1.54, 1.807) is 0 Å². The highest BCUT2D eigenvalue weighted by Crippen LogP contribution is 2.36. The Morgan fingerprint density at radius 1 is 1.19 bits per heavy atom. The topological polar surface area (TPSA) is 56.7 Å². The first-order valence-corrected chi connectivity index (χ1v) is 7.72. The molecule has 1 aliphatic rings. The second-order valence-corrected chi connectivity index (χ2v) is 6.92. The van der Waals surface area contributed by atoms with E-state index in [4.69, 9.17) is 15.8 Å². The molecule has 112 valence electrons. The molecule has 2 unspecified atom stereocenters.